The van der Waals surface area contributed by atoms with Crippen LogP contribution in [0.15, 0.2) is 18.3 Å². The molecular weight excluding hydrogens is 204 g/mol. The molecule has 0 radical (unpaired) electrons. The molecule has 1 heterocycles. The van der Waals surface area contributed by atoms with E-state index < -0.39 is 11.7 Å². The molecule has 0 unspecified atom stereocenters. The van der Waals surface area contributed by atoms with E-state index in [2.05, 4.69) is 16.2 Å². The minimum atomic E-state index is -0.534. The summed E-state index contributed by atoms with van der Waals surface area (Å²) in [6.45, 7) is 5.38. The molecule has 0 aliphatic heterocycles. The standard InChI is InChI=1S/C12H14N2O2/c1-5-9-6-7-10(13-8-9)14-11(15)16-12(2,3)4/h1,6-8H,2-4H3,(H,13,14,15). The average Bonchev–Trinajstić information content (AvgIpc) is 2.16. The van der Waals surface area contributed by atoms with Crippen LogP contribution in [0.3, 0.4) is 0 Å². The van der Waals surface area contributed by atoms with E-state index in [1.54, 1.807) is 32.9 Å². The molecule has 1 aromatic rings. The summed E-state index contributed by atoms with van der Waals surface area (Å²) < 4.78 is 5.07. The lowest BCUT2D eigenvalue weighted by atomic mass is 10.2. The molecule has 0 saturated carbocycles. The van der Waals surface area contributed by atoms with Crippen LogP contribution in [0.1, 0.15) is 26.3 Å². The van der Waals surface area contributed by atoms with Gasteiger partial charge in [0.15, 0.2) is 0 Å². The van der Waals surface area contributed by atoms with Crippen LogP contribution < -0.4 is 5.32 Å². The second-order valence-corrected chi connectivity index (χ2v) is 4.20. The van der Waals surface area contributed by atoms with Crippen molar-refractivity contribution < 1.29 is 9.53 Å². The smallest absolute Gasteiger partial charge is 0.413 e. The normalized spacial score (nSPS) is 10.4. The second-order valence-electron chi connectivity index (χ2n) is 4.20. The van der Waals surface area contributed by atoms with Crippen molar-refractivity contribution in [3.05, 3.63) is 23.9 Å². The molecule has 1 rings (SSSR count). The molecule has 0 aromatic carbocycles. The Morgan fingerprint density at radius 2 is 2.19 bits per heavy atom. The van der Waals surface area contributed by atoms with Gasteiger partial charge in [-0.25, -0.2) is 9.78 Å². The van der Waals surface area contributed by atoms with Gasteiger partial charge in [-0.15, -0.1) is 6.42 Å². The third-order valence-corrected chi connectivity index (χ3v) is 1.56. The van der Waals surface area contributed by atoms with Gasteiger partial charge in [0.05, 0.1) is 0 Å². The zero-order valence-corrected chi connectivity index (χ0v) is 9.57. The Labute approximate surface area is 95.0 Å². The SMILES string of the molecule is C#Cc1ccc(NC(=O)OC(C)(C)C)nc1. The highest BCUT2D eigenvalue weighted by Gasteiger charge is 2.16. The summed E-state index contributed by atoms with van der Waals surface area (Å²) in [5.41, 5.74) is 0.137. The number of hydrogen-bond donors (Lipinski definition) is 1. The monoisotopic (exact) mass is 218 g/mol. The maximum Gasteiger partial charge on any atom is 0.413 e. The Kier molecular flexibility index (Phi) is 3.51. The Bertz CT molecular complexity index is 410. The number of hydrogen-bond acceptors (Lipinski definition) is 3. The molecule has 1 N–H and O–H groups in total. The Balaban J connectivity index is 2.61. The van der Waals surface area contributed by atoms with Gasteiger partial charge in [0.2, 0.25) is 0 Å². The number of pyridine rings is 1. The fraction of sp³-hybridized carbons (Fsp3) is 0.333. The van der Waals surface area contributed by atoms with Gasteiger partial charge in [-0.1, -0.05) is 5.92 Å². The van der Waals surface area contributed by atoms with Crippen molar-refractivity contribution >= 4 is 11.9 Å². The molecule has 4 nitrogen and oxygen atoms in total. The van der Waals surface area contributed by atoms with Crippen LogP contribution in [0.25, 0.3) is 0 Å². The van der Waals surface area contributed by atoms with Gasteiger partial charge in [0.1, 0.15) is 11.4 Å². The maximum absolute atomic E-state index is 11.4. The molecule has 0 aliphatic carbocycles. The summed E-state index contributed by atoms with van der Waals surface area (Å²) in [6.07, 6.45) is 6.16. The van der Waals surface area contributed by atoms with Crippen molar-refractivity contribution in [1.29, 1.82) is 0 Å². The van der Waals surface area contributed by atoms with Gasteiger partial charge in [-0.3, -0.25) is 5.32 Å². The van der Waals surface area contributed by atoms with E-state index in [0.29, 0.717) is 11.4 Å². The molecule has 1 aromatic heterocycles. The summed E-state index contributed by atoms with van der Waals surface area (Å²) >= 11 is 0. The van der Waals surface area contributed by atoms with Crippen molar-refractivity contribution in [1.82, 2.24) is 4.98 Å². The van der Waals surface area contributed by atoms with Crippen LogP contribution in [0.2, 0.25) is 0 Å². The minimum Gasteiger partial charge on any atom is -0.444 e. The maximum atomic E-state index is 11.4. The molecule has 0 saturated heterocycles. The summed E-state index contributed by atoms with van der Waals surface area (Å²) in [6, 6.07) is 3.32. The summed E-state index contributed by atoms with van der Waals surface area (Å²) in [5, 5.41) is 2.51. The first-order valence-electron chi connectivity index (χ1n) is 4.83. The van der Waals surface area contributed by atoms with Crippen LogP contribution >= 0.6 is 0 Å². The Morgan fingerprint density at radius 1 is 1.50 bits per heavy atom. The fourth-order valence-electron chi connectivity index (χ4n) is 0.961. The number of nitrogens with zero attached hydrogens (tertiary/aromatic N) is 1. The number of nitrogens with one attached hydrogen (secondary N) is 1. The van der Waals surface area contributed by atoms with E-state index in [4.69, 9.17) is 11.2 Å². The van der Waals surface area contributed by atoms with E-state index in [-0.39, 0.29) is 0 Å². The van der Waals surface area contributed by atoms with Crippen molar-refractivity contribution in [2.75, 3.05) is 5.32 Å². The largest absolute Gasteiger partial charge is 0.444 e. The molecular formula is C12H14N2O2. The molecule has 0 aliphatic rings. The van der Waals surface area contributed by atoms with Crippen LogP contribution in [-0.2, 0) is 4.74 Å². The number of anilines is 1. The van der Waals surface area contributed by atoms with Crippen LogP contribution in [0.4, 0.5) is 10.6 Å². The minimum absolute atomic E-state index is 0.410. The number of ether oxygens (including phenoxy) is 1. The number of rotatable bonds is 1. The highest BCUT2D eigenvalue weighted by Crippen LogP contribution is 2.10. The van der Waals surface area contributed by atoms with E-state index in [1.165, 1.54) is 6.20 Å². The molecule has 0 fully saturated rings. The predicted octanol–water partition coefficient (Wildman–Crippen LogP) is 2.41. The van der Waals surface area contributed by atoms with Gasteiger partial charge in [0, 0.05) is 11.8 Å². The molecule has 84 valence electrons. The van der Waals surface area contributed by atoms with Gasteiger partial charge in [-0.2, -0.15) is 0 Å². The van der Waals surface area contributed by atoms with Gasteiger partial charge in [0.25, 0.3) is 0 Å². The summed E-state index contributed by atoms with van der Waals surface area (Å²) in [7, 11) is 0. The fourth-order valence-corrected chi connectivity index (χ4v) is 0.961. The van der Waals surface area contributed by atoms with Crippen molar-refractivity contribution in [2.45, 2.75) is 26.4 Å². The number of carbonyl (C=O) groups is 1. The summed E-state index contributed by atoms with van der Waals surface area (Å²) in [5.74, 6) is 2.85. The van der Waals surface area contributed by atoms with E-state index in [1.807, 2.05) is 0 Å². The highest BCUT2D eigenvalue weighted by molar-refractivity contribution is 5.83. The number of carbonyl (C=O) groups excluding carboxylic acids is 1. The van der Waals surface area contributed by atoms with E-state index in [0.717, 1.165) is 0 Å². The van der Waals surface area contributed by atoms with Gasteiger partial charge in [-0.05, 0) is 32.9 Å². The molecule has 16 heavy (non-hydrogen) atoms. The topological polar surface area (TPSA) is 51.2 Å². The van der Waals surface area contributed by atoms with Gasteiger partial charge >= 0.3 is 6.09 Å². The molecule has 0 spiro atoms. The van der Waals surface area contributed by atoms with Crippen molar-refractivity contribution in [3.8, 4) is 12.3 Å². The van der Waals surface area contributed by atoms with Gasteiger partial charge < -0.3 is 4.74 Å². The van der Waals surface area contributed by atoms with Crippen molar-refractivity contribution in [2.24, 2.45) is 0 Å². The average molecular weight is 218 g/mol. The third kappa shape index (κ3) is 4.01. The second kappa shape index (κ2) is 4.67. The molecule has 0 atom stereocenters. The first kappa shape index (κ1) is 12.1. The third-order valence-electron chi connectivity index (χ3n) is 1.56. The Morgan fingerprint density at radius 3 is 2.62 bits per heavy atom. The van der Waals surface area contributed by atoms with E-state index in [9.17, 15) is 4.79 Å². The molecule has 1 amide bonds. The van der Waals surface area contributed by atoms with Crippen molar-refractivity contribution in [3.63, 3.8) is 0 Å². The zero-order chi connectivity index (χ0) is 12.2. The van der Waals surface area contributed by atoms with Crippen LogP contribution in [0, 0.1) is 12.3 Å². The number of amides is 1. The predicted molar refractivity (Wildman–Crippen MR) is 62.0 cm³/mol. The lowest BCUT2D eigenvalue weighted by molar-refractivity contribution is 0.0635. The Hall–Kier alpha value is -2.02. The quantitative estimate of drug-likeness (QED) is 0.736. The number of terminal acetylenes is 1. The lowest BCUT2D eigenvalue weighted by Gasteiger charge is -2.19. The van der Waals surface area contributed by atoms with Crippen LogP contribution in [-0.4, -0.2) is 16.7 Å². The first-order valence-corrected chi connectivity index (χ1v) is 4.83. The number of aromatic nitrogens is 1. The highest BCUT2D eigenvalue weighted by atomic mass is 16.6. The molecule has 4 heteroatoms. The zero-order valence-electron chi connectivity index (χ0n) is 9.57. The van der Waals surface area contributed by atoms with E-state index >= 15 is 0 Å². The first-order chi connectivity index (χ1) is 7.40. The molecule has 0 bridgehead atoms. The lowest BCUT2D eigenvalue weighted by Crippen LogP contribution is -2.27. The summed E-state index contributed by atoms with van der Waals surface area (Å²) in [4.78, 5) is 15.3. The van der Waals surface area contributed by atoms with Crippen LogP contribution in [0.5, 0.6) is 0 Å².